The zero-order valence-corrected chi connectivity index (χ0v) is 8.74. The van der Waals surface area contributed by atoms with E-state index in [4.69, 9.17) is 9.25 Å². The Balaban J connectivity index is 2.12. The molecule has 1 amide bonds. The Morgan fingerprint density at radius 3 is 2.94 bits per heavy atom. The number of para-hydroxylation sites is 1. The summed E-state index contributed by atoms with van der Waals surface area (Å²) < 4.78 is 5.16. The third-order valence-electron chi connectivity index (χ3n) is 2.39. The molecule has 0 radical (unpaired) electrons. The van der Waals surface area contributed by atoms with Crippen molar-refractivity contribution in [1.82, 2.24) is 10.0 Å². The van der Waals surface area contributed by atoms with Gasteiger partial charge in [0.1, 0.15) is 12.0 Å². The lowest BCUT2D eigenvalue weighted by Crippen LogP contribution is -2.27. The topological polar surface area (TPSA) is 55.6 Å². The summed E-state index contributed by atoms with van der Waals surface area (Å²) in [5.74, 6) is 0.960. The highest BCUT2D eigenvalue weighted by atomic mass is 16.7. The molecule has 5 heteroatoms. The van der Waals surface area contributed by atoms with Crippen LogP contribution in [0.5, 0.6) is 5.75 Å². The van der Waals surface area contributed by atoms with Gasteiger partial charge in [-0.05, 0) is 12.1 Å². The van der Waals surface area contributed by atoms with Crippen LogP contribution in [0.15, 0.2) is 41.1 Å². The molecule has 3 rings (SSSR count). The smallest absolute Gasteiger partial charge is 0.247 e. The van der Waals surface area contributed by atoms with E-state index in [0.29, 0.717) is 23.7 Å². The second-order valence-corrected chi connectivity index (χ2v) is 3.43. The van der Waals surface area contributed by atoms with Crippen LogP contribution in [0.1, 0.15) is 11.5 Å². The fourth-order valence-electron chi connectivity index (χ4n) is 1.63. The first-order valence-corrected chi connectivity index (χ1v) is 5.01. The number of oxazole rings is 1. The molecule has 2 aromatic rings. The van der Waals surface area contributed by atoms with Crippen LogP contribution in [0.3, 0.4) is 0 Å². The molecule has 0 aliphatic carbocycles. The Morgan fingerprint density at radius 2 is 2.18 bits per heavy atom. The molecule has 0 saturated heterocycles. The second kappa shape index (κ2) is 3.79. The zero-order valence-electron chi connectivity index (χ0n) is 8.74. The van der Waals surface area contributed by atoms with Crippen molar-refractivity contribution in [2.75, 3.05) is 0 Å². The molecule has 0 atom stereocenters. The molecule has 1 aromatic carbocycles. The highest BCUT2D eigenvalue weighted by molar-refractivity contribution is 5.85. The molecule has 1 aliphatic rings. The molecular weight excluding hydrogens is 220 g/mol. The minimum atomic E-state index is 0.339. The van der Waals surface area contributed by atoms with Crippen LogP contribution in [0, 0.1) is 0 Å². The van der Waals surface area contributed by atoms with Crippen molar-refractivity contribution in [3.63, 3.8) is 0 Å². The third-order valence-corrected chi connectivity index (χ3v) is 2.39. The van der Waals surface area contributed by atoms with E-state index in [1.165, 1.54) is 12.5 Å². The molecule has 0 unspecified atom stereocenters. The lowest BCUT2D eigenvalue weighted by molar-refractivity contribution is -0.132. The van der Waals surface area contributed by atoms with Crippen LogP contribution in [0.4, 0.5) is 0 Å². The number of fused-ring (bicyclic) bond motifs is 1. The summed E-state index contributed by atoms with van der Waals surface area (Å²) >= 11 is 0. The Morgan fingerprint density at radius 1 is 1.29 bits per heavy atom. The number of carbonyl (C=O) groups excluding carboxylic acids is 1. The number of carbonyl (C=O) groups is 1. The van der Waals surface area contributed by atoms with Gasteiger partial charge in [-0.15, -0.1) is 5.06 Å². The fraction of sp³-hybridized carbons (Fsp3) is 0. The van der Waals surface area contributed by atoms with Gasteiger partial charge in [0.15, 0.2) is 5.75 Å². The number of hydroxylamine groups is 2. The van der Waals surface area contributed by atoms with Crippen molar-refractivity contribution in [3.05, 3.63) is 48.2 Å². The largest absolute Gasteiger partial charge is 0.443 e. The number of amides is 1. The molecule has 2 heterocycles. The van der Waals surface area contributed by atoms with E-state index in [-0.39, 0.29) is 0 Å². The Labute approximate surface area is 96.9 Å². The minimum Gasteiger partial charge on any atom is -0.443 e. The van der Waals surface area contributed by atoms with Crippen molar-refractivity contribution in [2.45, 2.75) is 0 Å². The first-order valence-electron chi connectivity index (χ1n) is 5.01. The summed E-state index contributed by atoms with van der Waals surface area (Å²) in [6.07, 6.45) is 5.32. The van der Waals surface area contributed by atoms with Gasteiger partial charge in [0, 0.05) is 5.56 Å². The summed E-state index contributed by atoms with van der Waals surface area (Å²) in [5.41, 5.74) is 1.35. The number of rotatable bonds is 2. The van der Waals surface area contributed by atoms with Crippen molar-refractivity contribution < 1.29 is 14.0 Å². The van der Waals surface area contributed by atoms with Gasteiger partial charge >= 0.3 is 0 Å². The fourth-order valence-corrected chi connectivity index (χ4v) is 1.63. The van der Waals surface area contributed by atoms with E-state index in [9.17, 15) is 4.79 Å². The molecule has 0 saturated carbocycles. The highest BCUT2D eigenvalue weighted by Crippen LogP contribution is 2.31. The Hall–Kier alpha value is -2.56. The van der Waals surface area contributed by atoms with Gasteiger partial charge in [-0.2, -0.15) is 0 Å². The zero-order chi connectivity index (χ0) is 11.7. The average molecular weight is 228 g/mol. The molecule has 0 fully saturated rings. The van der Waals surface area contributed by atoms with E-state index >= 15 is 0 Å². The molecule has 5 nitrogen and oxygen atoms in total. The SMILES string of the molecule is O=CN1Oc2ccccc2C=C1c1ncco1. The first-order chi connectivity index (χ1) is 8.38. The molecule has 17 heavy (non-hydrogen) atoms. The first kappa shape index (κ1) is 9.65. The Kier molecular flexibility index (Phi) is 2.15. The van der Waals surface area contributed by atoms with Gasteiger partial charge in [-0.25, -0.2) is 4.98 Å². The van der Waals surface area contributed by atoms with Crippen molar-refractivity contribution in [2.24, 2.45) is 0 Å². The maximum Gasteiger partial charge on any atom is 0.247 e. The van der Waals surface area contributed by atoms with E-state index in [1.807, 2.05) is 18.2 Å². The molecule has 0 bridgehead atoms. The quantitative estimate of drug-likeness (QED) is 0.737. The number of nitrogens with zero attached hydrogens (tertiary/aromatic N) is 2. The number of hydrogen-bond acceptors (Lipinski definition) is 4. The highest BCUT2D eigenvalue weighted by Gasteiger charge is 2.23. The number of hydrogen-bond donors (Lipinski definition) is 0. The lowest BCUT2D eigenvalue weighted by Gasteiger charge is -2.23. The van der Waals surface area contributed by atoms with E-state index in [1.54, 1.807) is 12.1 Å². The lowest BCUT2D eigenvalue weighted by atomic mass is 10.1. The maximum absolute atomic E-state index is 11.0. The second-order valence-electron chi connectivity index (χ2n) is 3.43. The van der Waals surface area contributed by atoms with E-state index < -0.39 is 0 Å². The number of aromatic nitrogens is 1. The van der Waals surface area contributed by atoms with Gasteiger partial charge in [0.05, 0.1) is 6.20 Å². The summed E-state index contributed by atoms with van der Waals surface area (Å²) in [7, 11) is 0. The van der Waals surface area contributed by atoms with Crippen LogP contribution < -0.4 is 4.84 Å². The molecule has 0 N–H and O–H groups in total. The summed E-state index contributed by atoms with van der Waals surface area (Å²) in [6.45, 7) is 0. The predicted octanol–water partition coefficient (Wildman–Crippen LogP) is 1.94. The van der Waals surface area contributed by atoms with Gasteiger partial charge in [-0.3, -0.25) is 4.79 Å². The third kappa shape index (κ3) is 1.57. The normalized spacial score (nSPS) is 13.6. The van der Waals surface area contributed by atoms with Crippen LogP contribution in [-0.4, -0.2) is 16.5 Å². The standard InChI is InChI=1S/C12H8N2O3/c15-8-14-10(12-13-5-6-16-12)7-9-3-1-2-4-11(9)17-14/h1-8H. The molecule has 1 aliphatic heterocycles. The van der Waals surface area contributed by atoms with Gasteiger partial charge in [0.25, 0.3) is 0 Å². The molecular formula is C12H8N2O3. The monoisotopic (exact) mass is 228 g/mol. The van der Waals surface area contributed by atoms with Gasteiger partial charge in [-0.1, -0.05) is 18.2 Å². The van der Waals surface area contributed by atoms with Crippen LogP contribution in [0.25, 0.3) is 11.8 Å². The van der Waals surface area contributed by atoms with Gasteiger partial charge in [0.2, 0.25) is 12.3 Å². The van der Waals surface area contributed by atoms with Crippen LogP contribution in [0.2, 0.25) is 0 Å². The maximum atomic E-state index is 11.0. The van der Waals surface area contributed by atoms with Crippen molar-refractivity contribution >= 4 is 18.2 Å². The minimum absolute atomic E-state index is 0.339. The average Bonchev–Trinajstić information content (AvgIpc) is 2.91. The van der Waals surface area contributed by atoms with Crippen LogP contribution in [-0.2, 0) is 4.79 Å². The number of benzene rings is 1. The van der Waals surface area contributed by atoms with E-state index in [2.05, 4.69) is 4.98 Å². The molecule has 84 valence electrons. The van der Waals surface area contributed by atoms with Crippen molar-refractivity contribution in [3.8, 4) is 5.75 Å². The van der Waals surface area contributed by atoms with Gasteiger partial charge < -0.3 is 9.25 Å². The summed E-state index contributed by atoms with van der Waals surface area (Å²) in [5, 5.41) is 1.09. The van der Waals surface area contributed by atoms with E-state index in [0.717, 1.165) is 10.6 Å². The predicted molar refractivity (Wildman–Crippen MR) is 59.3 cm³/mol. The van der Waals surface area contributed by atoms with Crippen molar-refractivity contribution in [1.29, 1.82) is 0 Å². The molecule has 0 spiro atoms. The summed E-state index contributed by atoms with van der Waals surface area (Å²) in [6, 6.07) is 7.41. The Bertz CT molecular complexity index is 575. The van der Waals surface area contributed by atoms with Crippen LogP contribution >= 0.6 is 0 Å². The summed E-state index contributed by atoms with van der Waals surface area (Å²) in [4.78, 5) is 20.4. The molecule has 1 aromatic heterocycles.